The van der Waals surface area contributed by atoms with Crippen molar-refractivity contribution >= 4 is 23.2 Å². The lowest BCUT2D eigenvalue weighted by Gasteiger charge is -2.10. The predicted molar refractivity (Wildman–Crippen MR) is 71.4 cm³/mol. The van der Waals surface area contributed by atoms with Gasteiger partial charge in [-0.1, -0.05) is 11.6 Å². The zero-order chi connectivity index (χ0) is 13.8. The van der Waals surface area contributed by atoms with Crippen LogP contribution in [0.4, 0.5) is 5.69 Å². The Balaban J connectivity index is 2.23. The molecule has 1 N–H and O–H groups in total. The standard InChI is InChI=1S/C13H11ClN2O3/c1-19-12-3-2-10(14)8-11(12)15-13(17)9-4-6-16(18)7-5-9/h2-8H,1H3,(H,15,17). The molecular formula is C13H11ClN2O3. The molecule has 1 heterocycles. The highest BCUT2D eigenvalue weighted by atomic mass is 35.5. The van der Waals surface area contributed by atoms with Crippen molar-refractivity contribution < 1.29 is 14.3 Å². The van der Waals surface area contributed by atoms with Gasteiger partial charge in [0, 0.05) is 17.2 Å². The Kier molecular flexibility index (Phi) is 3.87. The number of ether oxygens (including phenoxy) is 1. The minimum absolute atomic E-state index is 0.346. The van der Waals surface area contributed by atoms with E-state index >= 15 is 0 Å². The van der Waals surface area contributed by atoms with Crippen LogP contribution in [0.25, 0.3) is 0 Å². The van der Waals surface area contributed by atoms with Crippen molar-refractivity contribution in [2.24, 2.45) is 0 Å². The van der Waals surface area contributed by atoms with Gasteiger partial charge in [0.15, 0.2) is 12.4 Å². The Bertz CT molecular complexity index is 599. The molecule has 98 valence electrons. The van der Waals surface area contributed by atoms with E-state index in [2.05, 4.69) is 5.32 Å². The van der Waals surface area contributed by atoms with E-state index in [4.69, 9.17) is 16.3 Å². The van der Waals surface area contributed by atoms with Crippen molar-refractivity contribution in [2.75, 3.05) is 12.4 Å². The number of nitrogens with one attached hydrogen (secondary N) is 1. The molecule has 0 bridgehead atoms. The highest BCUT2D eigenvalue weighted by molar-refractivity contribution is 6.31. The second kappa shape index (κ2) is 5.58. The summed E-state index contributed by atoms with van der Waals surface area (Å²) in [6.07, 6.45) is 2.51. The zero-order valence-electron chi connectivity index (χ0n) is 10.1. The molecule has 0 aliphatic carbocycles. The SMILES string of the molecule is COc1ccc(Cl)cc1NC(=O)c1cc[n+]([O-])cc1. The minimum atomic E-state index is -0.346. The number of benzene rings is 1. The van der Waals surface area contributed by atoms with E-state index < -0.39 is 0 Å². The van der Waals surface area contributed by atoms with Crippen LogP contribution in [0.1, 0.15) is 10.4 Å². The molecule has 0 spiro atoms. The van der Waals surface area contributed by atoms with Gasteiger partial charge in [0.1, 0.15) is 5.75 Å². The van der Waals surface area contributed by atoms with Crippen LogP contribution in [0.5, 0.6) is 5.75 Å². The van der Waals surface area contributed by atoms with Crippen molar-refractivity contribution in [3.8, 4) is 5.75 Å². The fourth-order valence-electron chi connectivity index (χ4n) is 1.54. The third kappa shape index (κ3) is 3.14. The molecule has 0 saturated heterocycles. The molecule has 0 aliphatic rings. The first-order valence-electron chi connectivity index (χ1n) is 5.44. The largest absolute Gasteiger partial charge is 0.619 e. The van der Waals surface area contributed by atoms with Crippen LogP contribution in [-0.4, -0.2) is 13.0 Å². The normalized spacial score (nSPS) is 10.0. The summed E-state index contributed by atoms with van der Waals surface area (Å²) in [5, 5.41) is 14.1. The fourth-order valence-corrected chi connectivity index (χ4v) is 1.71. The summed E-state index contributed by atoms with van der Waals surface area (Å²) in [7, 11) is 1.50. The number of amides is 1. The van der Waals surface area contributed by atoms with Crippen molar-refractivity contribution in [1.82, 2.24) is 0 Å². The summed E-state index contributed by atoms with van der Waals surface area (Å²) in [4.78, 5) is 12.0. The molecule has 1 aromatic heterocycles. The van der Waals surface area contributed by atoms with E-state index in [-0.39, 0.29) is 5.91 Å². The molecule has 2 aromatic rings. The van der Waals surface area contributed by atoms with Crippen LogP contribution in [0.3, 0.4) is 0 Å². The van der Waals surface area contributed by atoms with Crippen molar-refractivity contribution in [3.05, 3.63) is 58.5 Å². The fraction of sp³-hybridized carbons (Fsp3) is 0.0769. The van der Waals surface area contributed by atoms with Gasteiger partial charge in [0.2, 0.25) is 0 Å². The highest BCUT2D eigenvalue weighted by Crippen LogP contribution is 2.27. The smallest absolute Gasteiger partial charge is 0.256 e. The molecule has 0 atom stereocenters. The van der Waals surface area contributed by atoms with E-state index in [0.717, 1.165) is 0 Å². The molecule has 0 saturated carbocycles. The van der Waals surface area contributed by atoms with Gasteiger partial charge < -0.3 is 15.3 Å². The lowest BCUT2D eigenvalue weighted by atomic mass is 10.2. The first kappa shape index (κ1) is 13.2. The summed E-state index contributed by atoms with van der Waals surface area (Å²) in [6, 6.07) is 7.78. The monoisotopic (exact) mass is 278 g/mol. The number of carbonyl (C=O) groups excluding carboxylic acids is 1. The number of rotatable bonds is 3. The van der Waals surface area contributed by atoms with Crippen LogP contribution in [0, 0.1) is 5.21 Å². The number of pyridine rings is 1. The third-order valence-electron chi connectivity index (χ3n) is 2.47. The molecule has 0 radical (unpaired) electrons. The number of halogens is 1. The third-order valence-corrected chi connectivity index (χ3v) is 2.71. The predicted octanol–water partition coefficient (Wildman–Crippen LogP) is 2.23. The lowest BCUT2D eigenvalue weighted by molar-refractivity contribution is -0.605. The molecular weight excluding hydrogens is 268 g/mol. The molecule has 6 heteroatoms. The molecule has 0 unspecified atom stereocenters. The second-order valence-electron chi connectivity index (χ2n) is 3.75. The maximum absolute atomic E-state index is 12.0. The molecule has 0 aliphatic heterocycles. The van der Waals surface area contributed by atoms with Gasteiger partial charge in [-0.25, -0.2) is 0 Å². The molecule has 5 nitrogen and oxygen atoms in total. The van der Waals surface area contributed by atoms with Gasteiger partial charge in [-0.05, 0) is 18.2 Å². The van der Waals surface area contributed by atoms with E-state index in [0.29, 0.717) is 26.8 Å². The number of anilines is 1. The Morgan fingerprint density at radius 1 is 1.32 bits per heavy atom. The zero-order valence-corrected chi connectivity index (χ0v) is 10.8. The van der Waals surface area contributed by atoms with Crippen molar-refractivity contribution in [3.63, 3.8) is 0 Å². The lowest BCUT2D eigenvalue weighted by Crippen LogP contribution is -2.25. The summed E-state index contributed by atoms with van der Waals surface area (Å²) in [5.41, 5.74) is 0.841. The highest BCUT2D eigenvalue weighted by Gasteiger charge is 2.11. The van der Waals surface area contributed by atoms with Gasteiger partial charge in [-0.15, -0.1) is 0 Å². The average molecular weight is 279 g/mol. The first-order chi connectivity index (χ1) is 9.10. The average Bonchev–Trinajstić information content (AvgIpc) is 2.39. The van der Waals surface area contributed by atoms with Gasteiger partial charge in [0.05, 0.1) is 18.4 Å². The minimum Gasteiger partial charge on any atom is -0.619 e. The number of carbonyl (C=O) groups is 1. The van der Waals surface area contributed by atoms with Crippen LogP contribution in [0.2, 0.25) is 5.02 Å². The van der Waals surface area contributed by atoms with Crippen LogP contribution in [0.15, 0.2) is 42.7 Å². The maximum atomic E-state index is 12.0. The number of methoxy groups -OCH3 is 1. The second-order valence-corrected chi connectivity index (χ2v) is 4.18. The number of hydrogen-bond donors (Lipinski definition) is 1. The molecule has 19 heavy (non-hydrogen) atoms. The Morgan fingerprint density at radius 3 is 2.63 bits per heavy atom. The number of hydrogen-bond acceptors (Lipinski definition) is 3. The van der Waals surface area contributed by atoms with Crippen molar-refractivity contribution in [2.45, 2.75) is 0 Å². The Morgan fingerprint density at radius 2 is 2.00 bits per heavy atom. The van der Waals surface area contributed by atoms with E-state index in [9.17, 15) is 10.0 Å². The summed E-state index contributed by atoms with van der Waals surface area (Å²) in [6.45, 7) is 0. The van der Waals surface area contributed by atoms with Crippen LogP contribution < -0.4 is 14.8 Å². The van der Waals surface area contributed by atoms with E-state index in [1.807, 2.05) is 0 Å². The maximum Gasteiger partial charge on any atom is 0.256 e. The summed E-state index contributed by atoms with van der Waals surface area (Å²) in [5.74, 6) is 0.161. The van der Waals surface area contributed by atoms with Gasteiger partial charge in [-0.2, -0.15) is 4.73 Å². The van der Waals surface area contributed by atoms with E-state index in [1.54, 1.807) is 18.2 Å². The first-order valence-corrected chi connectivity index (χ1v) is 5.81. The molecule has 1 aromatic carbocycles. The molecule has 1 amide bonds. The van der Waals surface area contributed by atoms with Gasteiger partial charge >= 0.3 is 0 Å². The van der Waals surface area contributed by atoms with Gasteiger partial charge in [-0.3, -0.25) is 4.79 Å². The van der Waals surface area contributed by atoms with E-state index in [1.165, 1.54) is 31.6 Å². The summed E-state index contributed by atoms with van der Waals surface area (Å²) >= 11 is 5.87. The number of nitrogens with zero attached hydrogens (tertiary/aromatic N) is 1. The number of aromatic nitrogens is 1. The van der Waals surface area contributed by atoms with Crippen LogP contribution >= 0.6 is 11.6 Å². The quantitative estimate of drug-likeness (QED) is 0.692. The Hall–Kier alpha value is -2.27. The van der Waals surface area contributed by atoms with Gasteiger partial charge in [0.25, 0.3) is 5.91 Å². The Labute approximate surface area is 115 Å². The topological polar surface area (TPSA) is 65.3 Å². The summed E-state index contributed by atoms with van der Waals surface area (Å²) < 4.78 is 5.74. The van der Waals surface area contributed by atoms with Crippen molar-refractivity contribution in [1.29, 1.82) is 0 Å². The van der Waals surface area contributed by atoms with Crippen LogP contribution in [-0.2, 0) is 0 Å². The molecule has 0 fully saturated rings. The molecule has 2 rings (SSSR count).